The third kappa shape index (κ3) is 3.87. The van der Waals surface area contributed by atoms with Gasteiger partial charge in [0.05, 0.1) is 17.4 Å². The number of halogens is 1. The molecule has 1 aromatic heterocycles. The molecule has 30 heavy (non-hydrogen) atoms. The summed E-state index contributed by atoms with van der Waals surface area (Å²) >= 11 is 0. The van der Waals surface area contributed by atoms with Crippen LogP contribution >= 0.6 is 0 Å². The highest BCUT2D eigenvalue weighted by atomic mass is 19.1. The quantitative estimate of drug-likeness (QED) is 0.712. The highest BCUT2D eigenvalue weighted by Gasteiger charge is 2.28. The Morgan fingerprint density at radius 3 is 2.77 bits per heavy atom. The third-order valence-electron chi connectivity index (χ3n) is 6.57. The van der Waals surface area contributed by atoms with Crippen LogP contribution in [0.25, 0.3) is 16.6 Å². The fraction of sp³-hybridized carbons (Fsp3) is 0.458. The Morgan fingerprint density at radius 2 is 1.97 bits per heavy atom. The van der Waals surface area contributed by atoms with Crippen molar-refractivity contribution in [3.05, 3.63) is 59.5 Å². The second-order valence-electron chi connectivity index (χ2n) is 8.57. The van der Waals surface area contributed by atoms with Gasteiger partial charge in [-0.25, -0.2) is 9.07 Å². The minimum atomic E-state index is -0.233. The summed E-state index contributed by atoms with van der Waals surface area (Å²) < 4.78 is 20.8. The molecule has 0 bridgehead atoms. The number of aromatic nitrogens is 2. The maximum atomic E-state index is 13.3. The second-order valence-corrected chi connectivity index (χ2v) is 8.57. The van der Waals surface area contributed by atoms with Crippen molar-refractivity contribution >= 4 is 10.9 Å². The Labute approximate surface area is 176 Å². The Bertz CT molecular complexity index is 1010. The molecule has 3 aromatic rings. The van der Waals surface area contributed by atoms with Gasteiger partial charge in [0.1, 0.15) is 5.82 Å². The first-order chi connectivity index (χ1) is 14.7. The van der Waals surface area contributed by atoms with E-state index < -0.39 is 0 Å². The Kier molecular flexibility index (Phi) is 5.54. The van der Waals surface area contributed by atoms with Crippen LogP contribution in [0.4, 0.5) is 4.39 Å². The number of hydrogen-bond acceptors (Lipinski definition) is 4. The van der Waals surface area contributed by atoms with Crippen molar-refractivity contribution in [2.24, 2.45) is 5.92 Å². The number of aryl methyl sites for hydroxylation is 1. The van der Waals surface area contributed by atoms with Crippen LogP contribution in [0.1, 0.15) is 30.0 Å². The largest absolute Gasteiger partial charge is 0.381 e. The zero-order valence-corrected chi connectivity index (χ0v) is 17.5. The zero-order valence-electron chi connectivity index (χ0n) is 17.5. The molecule has 0 spiro atoms. The number of nitrogens with one attached hydrogen (secondary N) is 1. The molecule has 3 heterocycles. The number of nitrogens with zero attached hydrogens (tertiary/aromatic N) is 3. The molecule has 2 aliphatic rings. The van der Waals surface area contributed by atoms with Crippen LogP contribution in [0.15, 0.2) is 42.6 Å². The maximum Gasteiger partial charge on any atom is 0.123 e. The summed E-state index contributed by atoms with van der Waals surface area (Å²) in [5.74, 6) is 0.493. The molecule has 0 saturated carbocycles. The summed E-state index contributed by atoms with van der Waals surface area (Å²) in [5.41, 5.74) is 4.58. The summed E-state index contributed by atoms with van der Waals surface area (Å²) in [6.45, 7) is 8.23. The average molecular weight is 409 g/mol. The SMILES string of the molecule is Cc1cc2c(cnn2-c2ccc(F)cc2)cc1[C@@H]1CNCCN1CC1CCOCC1. The van der Waals surface area contributed by atoms with E-state index in [2.05, 4.69) is 34.4 Å². The number of benzene rings is 2. The standard InChI is InChI=1S/C24H29FN4O/c1-17-12-23-19(14-27-29(23)21-4-2-20(25)3-5-21)13-22(17)24-15-26-8-9-28(24)16-18-6-10-30-11-7-18/h2-5,12-14,18,24,26H,6-11,15-16H2,1H3/t24-/m0/s1. The molecule has 0 radical (unpaired) electrons. The van der Waals surface area contributed by atoms with Gasteiger partial charge in [-0.15, -0.1) is 0 Å². The molecular weight excluding hydrogens is 379 g/mol. The number of rotatable bonds is 4. The summed E-state index contributed by atoms with van der Waals surface area (Å²) in [6, 6.07) is 11.4. The van der Waals surface area contributed by atoms with E-state index in [9.17, 15) is 4.39 Å². The van der Waals surface area contributed by atoms with Gasteiger partial charge in [-0.1, -0.05) is 0 Å². The predicted octanol–water partition coefficient (Wildman–Crippen LogP) is 3.85. The van der Waals surface area contributed by atoms with Crippen molar-refractivity contribution in [2.75, 3.05) is 39.4 Å². The van der Waals surface area contributed by atoms with E-state index in [-0.39, 0.29) is 5.82 Å². The summed E-state index contributed by atoms with van der Waals surface area (Å²) in [4.78, 5) is 2.66. The molecule has 6 heteroatoms. The van der Waals surface area contributed by atoms with Crippen LogP contribution in [0.2, 0.25) is 0 Å². The van der Waals surface area contributed by atoms with Crippen LogP contribution in [0.3, 0.4) is 0 Å². The first-order valence-electron chi connectivity index (χ1n) is 11.0. The summed E-state index contributed by atoms with van der Waals surface area (Å²) in [7, 11) is 0. The normalized spacial score (nSPS) is 21.3. The first-order valence-corrected chi connectivity index (χ1v) is 11.0. The molecule has 2 saturated heterocycles. The minimum absolute atomic E-state index is 0.233. The van der Waals surface area contributed by atoms with Gasteiger partial charge in [0, 0.05) is 50.8 Å². The van der Waals surface area contributed by atoms with Gasteiger partial charge in [-0.3, -0.25) is 4.90 Å². The van der Waals surface area contributed by atoms with E-state index in [1.807, 2.05) is 10.9 Å². The number of ether oxygens (including phenoxy) is 1. The van der Waals surface area contributed by atoms with E-state index >= 15 is 0 Å². The minimum Gasteiger partial charge on any atom is -0.381 e. The fourth-order valence-electron chi connectivity index (χ4n) is 4.88. The molecule has 0 unspecified atom stereocenters. The molecule has 2 fully saturated rings. The van der Waals surface area contributed by atoms with Crippen LogP contribution in [-0.2, 0) is 4.74 Å². The lowest BCUT2D eigenvalue weighted by Crippen LogP contribution is -2.48. The van der Waals surface area contributed by atoms with Crippen molar-refractivity contribution < 1.29 is 9.13 Å². The Morgan fingerprint density at radius 1 is 1.17 bits per heavy atom. The van der Waals surface area contributed by atoms with Crippen molar-refractivity contribution in [3.63, 3.8) is 0 Å². The lowest BCUT2D eigenvalue weighted by molar-refractivity contribution is 0.0407. The van der Waals surface area contributed by atoms with E-state index in [0.29, 0.717) is 6.04 Å². The molecule has 0 aliphatic carbocycles. The number of hydrogen-bond donors (Lipinski definition) is 1. The van der Waals surface area contributed by atoms with E-state index in [1.165, 1.54) is 36.1 Å². The van der Waals surface area contributed by atoms with Crippen molar-refractivity contribution in [3.8, 4) is 5.69 Å². The van der Waals surface area contributed by atoms with Crippen LogP contribution in [0.5, 0.6) is 0 Å². The lowest BCUT2D eigenvalue weighted by atomic mass is 9.93. The molecule has 5 rings (SSSR count). The third-order valence-corrected chi connectivity index (χ3v) is 6.57. The Hall–Kier alpha value is -2.28. The van der Waals surface area contributed by atoms with Gasteiger partial charge in [-0.05, 0) is 73.2 Å². The molecule has 2 aliphatic heterocycles. The molecule has 5 nitrogen and oxygen atoms in total. The average Bonchev–Trinajstić information content (AvgIpc) is 3.18. The van der Waals surface area contributed by atoms with Gasteiger partial charge in [-0.2, -0.15) is 5.10 Å². The molecule has 158 valence electrons. The van der Waals surface area contributed by atoms with Gasteiger partial charge >= 0.3 is 0 Å². The van der Waals surface area contributed by atoms with Gasteiger partial charge < -0.3 is 10.1 Å². The van der Waals surface area contributed by atoms with Crippen LogP contribution in [-0.4, -0.2) is 54.1 Å². The van der Waals surface area contributed by atoms with Crippen LogP contribution < -0.4 is 5.32 Å². The molecule has 1 N–H and O–H groups in total. The van der Waals surface area contributed by atoms with Crippen molar-refractivity contribution in [1.29, 1.82) is 0 Å². The Balaban J connectivity index is 1.45. The van der Waals surface area contributed by atoms with Crippen LogP contribution in [0, 0.1) is 18.7 Å². The number of fused-ring (bicyclic) bond motifs is 1. The van der Waals surface area contributed by atoms with Crippen molar-refractivity contribution in [1.82, 2.24) is 20.0 Å². The van der Waals surface area contributed by atoms with E-state index in [4.69, 9.17) is 4.74 Å². The molecular formula is C24H29FN4O. The highest BCUT2D eigenvalue weighted by Crippen LogP contribution is 2.31. The van der Waals surface area contributed by atoms with Gasteiger partial charge in [0.25, 0.3) is 0 Å². The summed E-state index contributed by atoms with van der Waals surface area (Å²) in [6.07, 6.45) is 4.25. The smallest absolute Gasteiger partial charge is 0.123 e. The number of piperazine rings is 1. The molecule has 1 atom stereocenters. The van der Waals surface area contributed by atoms with E-state index in [0.717, 1.165) is 61.9 Å². The first kappa shape index (κ1) is 19.7. The van der Waals surface area contributed by atoms with E-state index in [1.54, 1.807) is 12.1 Å². The predicted molar refractivity (Wildman–Crippen MR) is 116 cm³/mol. The summed E-state index contributed by atoms with van der Waals surface area (Å²) in [5, 5.41) is 9.30. The zero-order chi connectivity index (χ0) is 20.5. The second kappa shape index (κ2) is 8.46. The maximum absolute atomic E-state index is 13.3. The van der Waals surface area contributed by atoms with Crippen molar-refractivity contribution in [2.45, 2.75) is 25.8 Å². The topological polar surface area (TPSA) is 42.3 Å². The lowest BCUT2D eigenvalue weighted by Gasteiger charge is -2.40. The van der Waals surface area contributed by atoms with Gasteiger partial charge in [0.15, 0.2) is 0 Å². The monoisotopic (exact) mass is 408 g/mol. The highest BCUT2D eigenvalue weighted by molar-refractivity contribution is 5.82. The fourth-order valence-corrected chi connectivity index (χ4v) is 4.88. The molecule has 2 aromatic carbocycles. The van der Waals surface area contributed by atoms with Gasteiger partial charge in [0.2, 0.25) is 0 Å². The molecule has 0 amide bonds.